The van der Waals surface area contributed by atoms with E-state index in [1.807, 2.05) is 26.8 Å². The summed E-state index contributed by atoms with van der Waals surface area (Å²) in [5.74, 6) is -0.590. The van der Waals surface area contributed by atoms with Crippen LogP contribution >= 0.6 is 0 Å². The standard InChI is InChI=1S/C20H23FN2O2/c1-11-8-12(2)20(14(4)24)13(3)17(11)10-22-19-9-16(23-15(5)25)6-7-18(19)21/h6-9,22H,10H2,1-5H3,(H,23,25). The number of carbonyl (C=O) groups excluding carboxylic acids is 2. The topological polar surface area (TPSA) is 58.2 Å². The number of hydrogen-bond donors (Lipinski definition) is 2. The van der Waals surface area contributed by atoms with Gasteiger partial charge in [0, 0.05) is 24.7 Å². The Bertz CT molecular complexity index is 844. The number of carbonyl (C=O) groups is 2. The van der Waals surface area contributed by atoms with Gasteiger partial charge in [-0.05, 0) is 68.1 Å². The molecule has 1 amide bonds. The van der Waals surface area contributed by atoms with Crippen LogP contribution in [0.2, 0.25) is 0 Å². The first-order valence-electron chi connectivity index (χ1n) is 8.12. The summed E-state index contributed by atoms with van der Waals surface area (Å²) in [6, 6.07) is 6.36. The Hall–Kier alpha value is -2.69. The predicted molar refractivity (Wildman–Crippen MR) is 98.7 cm³/mol. The van der Waals surface area contributed by atoms with Gasteiger partial charge in [0.1, 0.15) is 5.82 Å². The maximum absolute atomic E-state index is 14.1. The number of hydrogen-bond acceptors (Lipinski definition) is 3. The molecule has 0 saturated heterocycles. The van der Waals surface area contributed by atoms with Crippen molar-refractivity contribution in [3.8, 4) is 0 Å². The largest absolute Gasteiger partial charge is 0.379 e. The lowest BCUT2D eigenvalue weighted by Crippen LogP contribution is -2.11. The van der Waals surface area contributed by atoms with Crippen molar-refractivity contribution < 1.29 is 14.0 Å². The Kier molecular flexibility index (Phi) is 5.57. The first-order valence-corrected chi connectivity index (χ1v) is 8.12. The third-order valence-corrected chi connectivity index (χ3v) is 4.23. The van der Waals surface area contributed by atoms with Gasteiger partial charge < -0.3 is 10.6 Å². The second-order valence-corrected chi connectivity index (χ2v) is 6.27. The molecule has 2 aromatic carbocycles. The Morgan fingerprint density at radius 3 is 2.32 bits per heavy atom. The molecule has 0 unspecified atom stereocenters. The minimum atomic E-state index is -0.400. The van der Waals surface area contributed by atoms with E-state index in [1.54, 1.807) is 13.0 Å². The van der Waals surface area contributed by atoms with Crippen LogP contribution < -0.4 is 10.6 Å². The molecule has 0 aliphatic rings. The fourth-order valence-corrected chi connectivity index (χ4v) is 3.17. The molecule has 5 heteroatoms. The van der Waals surface area contributed by atoms with Gasteiger partial charge in [0.15, 0.2) is 5.78 Å². The van der Waals surface area contributed by atoms with Crippen LogP contribution in [-0.4, -0.2) is 11.7 Å². The van der Waals surface area contributed by atoms with Gasteiger partial charge in [0.25, 0.3) is 0 Å². The van der Waals surface area contributed by atoms with E-state index in [1.165, 1.54) is 19.1 Å². The molecule has 0 radical (unpaired) electrons. The fourth-order valence-electron chi connectivity index (χ4n) is 3.17. The molecular weight excluding hydrogens is 319 g/mol. The van der Waals surface area contributed by atoms with E-state index < -0.39 is 5.82 Å². The first kappa shape index (κ1) is 18.6. The van der Waals surface area contributed by atoms with Crippen LogP contribution in [0, 0.1) is 26.6 Å². The normalized spacial score (nSPS) is 10.5. The lowest BCUT2D eigenvalue weighted by molar-refractivity contribution is -0.114. The highest BCUT2D eigenvalue weighted by Gasteiger charge is 2.14. The number of rotatable bonds is 5. The van der Waals surface area contributed by atoms with Gasteiger partial charge in [0.2, 0.25) is 5.91 Å². The van der Waals surface area contributed by atoms with Crippen molar-refractivity contribution in [2.24, 2.45) is 0 Å². The number of nitrogens with one attached hydrogen (secondary N) is 2. The average molecular weight is 342 g/mol. The molecule has 0 bridgehead atoms. The van der Waals surface area contributed by atoms with Gasteiger partial charge in [-0.1, -0.05) is 6.07 Å². The Morgan fingerprint density at radius 2 is 1.72 bits per heavy atom. The summed E-state index contributed by atoms with van der Waals surface area (Å²) in [5, 5.41) is 5.71. The summed E-state index contributed by atoms with van der Waals surface area (Å²) < 4.78 is 14.1. The summed E-state index contributed by atoms with van der Waals surface area (Å²) in [4.78, 5) is 23.1. The van der Waals surface area contributed by atoms with Crippen molar-refractivity contribution in [1.82, 2.24) is 0 Å². The number of ketones is 1. The third-order valence-electron chi connectivity index (χ3n) is 4.23. The Balaban J connectivity index is 2.32. The smallest absolute Gasteiger partial charge is 0.221 e. The van der Waals surface area contributed by atoms with E-state index in [2.05, 4.69) is 10.6 Å². The number of Topliss-reactive ketones (excluding diaryl/α,β-unsaturated/α-hetero) is 1. The van der Waals surface area contributed by atoms with Gasteiger partial charge in [-0.3, -0.25) is 9.59 Å². The highest BCUT2D eigenvalue weighted by Crippen LogP contribution is 2.25. The van der Waals surface area contributed by atoms with Gasteiger partial charge >= 0.3 is 0 Å². The molecule has 0 aliphatic heterocycles. The maximum Gasteiger partial charge on any atom is 0.221 e. The molecule has 2 rings (SSSR count). The third kappa shape index (κ3) is 4.24. The number of anilines is 2. The predicted octanol–water partition coefficient (Wildman–Crippen LogP) is 4.52. The molecule has 0 saturated carbocycles. The molecule has 0 spiro atoms. The maximum atomic E-state index is 14.1. The number of aryl methyl sites for hydroxylation is 2. The molecular formula is C20H23FN2O2. The van der Waals surface area contributed by atoms with E-state index in [9.17, 15) is 14.0 Å². The fraction of sp³-hybridized carbons (Fsp3) is 0.300. The zero-order chi connectivity index (χ0) is 18.7. The highest BCUT2D eigenvalue weighted by atomic mass is 19.1. The van der Waals surface area contributed by atoms with Gasteiger partial charge in [-0.25, -0.2) is 4.39 Å². The van der Waals surface area contributed by atoms with Crippen molar-refractivity contribution in [2.45, 2.75) is 41.2 Å². The minimum Gasteiger partial charge on any atom is -0.379 e. The summed E-state index contributed by atoms with van der Waals surface area (Å²) in [6.07, 6.45) is 0. The second kappa shape index (κ2) is 7.47. The number of amides is 1. The van der Waals surface area contributed by atoms with Crippen LogP contribution in [0.4, 0.5) is 15.8 Å². The van der Waals surface area contributed by atoms with E-state index in [0.29, 0.717) is 17.9 Å². The van der Waals surface area contributed by atoms with Crippen LogP contribution in [0.25, 0.3) is 0 Å². The number of halogens is 1. The highest BCUT2D eigenvalue weighted by molar-refractivity contribution is 5.97. The molecule has 2 aromatic rings. The van der Waals surface area contributed by atoms with Crippen molar-refractivity contribution >= 4 is 23.1 Å². The summed E-state index contributed by atoms with van der Waals surface area (Å²) >= 11 is 0. The zero-order valence-corrected chi connectivity index (χ0v) is 15.2. The van der Waals surface area contributed by atoms with Crippen LogP contribution in [0.5, 0.6) is 0 Å². The first-order chi connectivity index (χ1) is 11.7. The summed E-state index contributed by atoms with van der Waals surface area (Å²) in [7, 11) is 0. The summed E-state index contributed by atoms with van der Waals surface area (Å²) in [6.45, 7) is 9.16. The molecule has 0 atom stereocenters. The molecule has 25 heavy (non-hydrogen) atoms. The number of benzene rings is 2. The van der Waals surface area contributed by atoms with Crippen molar-refractivity contribution in [3.63, 3.8) is 0 Å². The monoisotopic (exact) mass is 342 g/mol. The molecule has 4 nitrogen and oxygen atoms in total. The minimum absolute atomic E-state index is 0.0232. The lowest BCUT2D eigenvalue weighted by atomic mass is 9.91. The summed E-state index contributed by atoms with van der Waals surface area (Å²) in [5.41, 5.74) is 5.43. The SMILES string of the molecule is CC(=O)Nc1ccc(F)c(NCc2c(C)cc(C)c(C(C)=O)c2C)c1. The van der Waals surface area contributed by atoms with Crippen LogP contribution in [0.3, 0.4) is 0 Å². The molecule has 132 valence electrons. The quantitative estimate of drug-likeness (QED) is 0.785. The molecule has 0 heterocycles. The van der Waals surface area contributed by atoms with Crippen molar-refractivity contribution in [3.05, 3.63) is 57.9 Å². The van der Waals surface area contributed by atoms with Gasteiger partial charge in [-0.15, -0.1) is 0 Å². The van der Waals surface area contributed by atoms with E-state index in [0.717, 1.165) is 27.8 Å². The van der Waals surface area contributed by atoms with E-state index in [4.69, 9.17) is 0 Å². The average Bonchev–Trinajstić information content (AvgIpc) is 2.48. The van der Waals surface area contributed by atoms with E-state index in [-0.39, 0.29) is 11.7 Å². The molecule has 2 N–H and O–H groups in total. The van der Waals surface area contributed by atoms with Crippen molar-refractivity contribution in [1.29, 1.82) is 0 Å². The van der Waals surface area contributed by atoms with Gasteiger partial charge in [-0.2, -0.15) is 0 Å². The molecule has 0 aliphatic carbocycles. The molecule has 0 aromatic heterocycles. The van der Waals surface area contributed by atoms with Crippen LogP contribution in [0.15, 0.2) is 24.3 Å². The van der Waals surface area contributed by atoms with Crippen LogP contribution in [-0.2, 0) is 11.3 Å². The lowest BCUT2D eigenvalue weighted by Gasteiger charge is -2.17. The van der Waals surface area contributed by atoms with Gasteiger partial charge in [0.05, 0.1) is 5.69 Å². The van der Waals surface area contributed by atoms with E-state index >= 15 is 0 Å². The Labute approximate surface area is 147 Å². The van der Waals surface area contributed by atoms with Crippen LogP contribution in [0.1, 0.15) is 46.5 Å². The second-order valence-electron chi connectivity index (χ2n) is 6.27. The zero-order valence-electron chi connectivity index (χ0n) is 15.2. The molecule has 0 fully saturated rings. The van der Waals surface area contributed by atoms with Crippen molar-refractivity contribution in [2.75, 3.05) is 10.6 Å². The Morgan fingerprint density at radius 1 is 1.04 bits per heavy atom.